The summed E-state index contributed by atoms with van der Waals surface area (Å²) in [7, 11) is 0. The lowest BCUT2D eigenvalue weighted by Crippen LogP contribution is -2.20. The Labute approximate surface area is 122 Å². The average Bonchev–Trinajstić information content (AvgIpc) is 2.40. The van der Waals surface area contributed by atoms with Gasteiger partial charge in [0.25, 0.3) is 5.91 Å². The minimum Gasteiger partial charge on any atom is -0.483 e. The van der Waals surface area contributed by atoms with E-state index in [1.165, 1.54) is 6.20 Å². The molecule has 0 bridgehead atoms. The van der Waals surface area contributed by atoms with Crippen LogP contribution < -0.4 is 10.1 Å². The third-order valence-corrected chi connectivity index (χ3v) is 2.92. The van der Waals surface area contributed by atoms with Gasteiger partial charge in [0.15, 0.2) is 6.61 Å². The SMILES string of the molecule is Cc1ccc(OCC(=O)Nc2ccc(Cl)nc2)c(C)c1. The van der Waals surface area contributed by atoms with Gasteiger partial charge in [-0.2, -0.15) is 0 Å². The van der Waals surface area contributed by atoms with E-state index in [1.54, 1.807) is 12.1 Å². The van der Waals surface area contributed by atoms with Crippen molar-refractivity contribution in [3.8, 4) is 5.75 Å². The highest BCUT2D eigenvalue weighted by Gasteiger charge is 2.06. The highest BCUT2D eigenvalue weighted by Crippen LogP contribution is 2.18. The van der Waals surface area contributed by atoms with Crippen molar-refractivity contribution in [1.82, 2.24) is 4.98 Å². The van der Waals surface area contributed by atoms with Crippen LogP contribution in [0.1, 0.15) is 11.1 Å². The zero-order valence-corrected chi connectivity index (χ0v) is 12.1. The number of carbonyl (C=O) groups excluding carboxylic acids is 1. The van der Waals surface area contributed by atoms with E-state index in [1.807, 2.05) is 32.0 Å². The maximum absolute atomic E-state index is 11.8. The number of hydrogen-bond acceptors (Lipinski definition) is 3. The van der Waals surface area contributed by atoms with Gasteiger partial charge in [-0.1, -0.05) is 29.3 Å². The minimum atomic E-state index is -0.242. The Balaban J connectivity index is 1.90. The molecule has 0 fully saturated rings. The monoisotopic (exact) mass is 290 g/mol. The summed E-state index contributed by atoms with van der Waals surface area (Å²) in [5.74, 6) is 0.467. The molecule has 0 aliphatic heterocycles. The molecule has 2 rings (SSSR count). The van der Waals surface area contributed by atoms with E-state index in [0.717, 1.165) is 11.1 Å². The average molecular weight is 291 g/mol. The van der Waals surface area contributed by atoms with Gasteiger partial charge in [0.05, 0.1) is 11.9 Å². The van der Waals surface area contributed by atoms with Crippen molar-refractivity contribution in [3.05, 3.63) is 52.8 Å². The summed E-state index contributed by atoms with van der Waals surface area (Å²) in [6.07, 6.45) is 1.50. The molecule has 2 aromatic rings. The number of carbonyl (C=O) groups is 1. The Hall–Kier alpha value is -2.07. The van der Waals surface area contributed by atoms with Crippen molar-refractivity contribution in [2.24, 2.45) is 0 Å². The Kier molecular flexibility index (Phi) is 4.58. The number of pyridine rings is 1. The van der Waals surface area contributed by atoms with Gasteiger partial charge in [0.1, 0.15) is 10.9 Å². The second-order valence-electron chi connectivity index (χ2n) is 4.48. The minimum absolute atomic E-state index is 0.0491. The number of aryl methyl sites for hydroxylation is 2. The highest BCUT2D eigenvalue weighted by molar-refractivity contribution is 6.29. The number of halogens is 1. The number of amides is 1. The zero-order chi connectivity index (χ0) is 14.5. The number of rotatable bonds is 4. The second-order valence-corrected chi connectivity index (χ2v) is 4.86. The molecule has 5 heteroatoms. The molecule has 0 aliphatic rings. The van der Waals surface area contributed by atoms with Crippen molar-refractivity contribution >= 4 is 23.2 Å². The molecule has 1 heterocycles. The summed E-state index contributed by atoms with van der Waals surface area (Å²) in [4.78, 5) is 15.6. The van der Waals surface area contributed by atoms with Gasteiger partial charge in [0.2, 0.25) is 0 Å². The van der Waals surface area contributed by atoms with E-state index in [4.69, 9.17) is 16.3 Å². The van der Waals surface area contributed by atoms with E-state index in [-0.39, 0.29) is 12.5 Å². The standard InChI is InChI=1S/C15H15ClN2O2/c1-10-3-5-13(11(2)7-10)20-9-15(19)18-12-4-6-14(16)17-8-12/h3-8H,9H2,1-2H3,(H,18,19). The Morgan fingerprint density at radius 3 is 2.75 bits per heavy atom. The van der Waals surface area contributed by atoms with Crippen LogP contribution >= 0.6 is 11.6 Å². The molecular weight excluding hydrogens is 276 g/mol. The third kappa shape index (κ3) is 3.96. The molecule has 104 valence electrons. The molecule has 1 aromatic heterocycles. The van der Waals surface area contributed by atoms with Crippen LogP contribution in [0, 0.1) is 13.8 Å². The fourth-order valence-electron chi connectivity index (χ4n) is 1.75. The lowest BCUT2D eigenvalue weighted by molar-refractivity contribution is -0.118. The van der Waals surface area contributed by atoms with E-state index < -0.39 is 0 Å². The Morgan fingerprint density at radius 1 is 1.30 bits per heavy atom. The van der Waals surface area contributed by atoms with Crippen LogP contribution in [0.4, 0.5) is 5.69 Å². The van der Waals surface area contributed by atoms with Crippen molar-refractivity contribution in [2.75, 3.05) is 11.9 Å². The van der Waals surface area contributed by atoms with Crippen LogP contribution in [-0.2, 0) is 4.79 Å². The zero-order valence-electron chi connectivity index (χ0n) is 11.3. The first kappa shape index (κ1) is 14.3. The number of ether oxygens (including phenoxy) is 1. The molecule has 0 saturated carbocycles. The molecule has 4 nitrogen and oxygen atoms in total. The van der Waals surface area contributed by atoms with Crippen molar-refractivity contribution in [3.63, 3.8) is 0 Å². The van der Waals surface area contributed by atoms with Crippen LogP contribution in [0.3, 0.4) is 0 Å². The van der Waals surface area contributed by atoms with Crippen molar-refractivity contribution in [1.29, 1.82) is 0 Å². The topological polar surface area (TPSA) is 51.2 Å². The van der Waals surface area contributed by atoms with Gasteiger partial charge in [-0.15, -0.1) is 0 Å². The Morgan fingerprint density at radius 2 is 2.10 bits per heavy atom. The predicted octanol–water partition coefficient (Wildman–Crippen LogP) is 3.37. The van der Waals surface area contributed by atoms with Crippen LogP contribution in [0.15, 0.2) is 36.5 Å². The fourth-order valence-corrected chi connectivity index (χ4v) is 1.86. The van der Waals surface area contributed by atoms with Gasteiger partial charge < -0.3 is 10.1 Å². The largest absolute Gasteiger partial charge is 0.483 e. The van der Waals surface area contributed by atoms with E-state index >= 15 is 0 Å². The summed E-state index contributed by atoms with van der Waals surface area (Å²) in [6.45, 7) is 3.91. The molecule has 0 spiro atoms. The van der Waals surface area contributed by atoms with Gasteiger partial charge in [-0.05, 0) is 37.6 Å². The predicted molar refractivity (Wildman–Crippen MR) is 79.3 cm³/mol. The molecular formula is C15H15ClN2O2. The normalized spacial score (nSPS) is 10.2. The first-order valence-electron chi connectivity index (χ1n) is 6.16. The number of benzene rings is 1. The summed E-state index contributed by atoms with van der Waals surface area (Å²) < 4.78 is 5.49. The van der Waals surface area contributed by atoms with Crippen LogP contribution in [0.5, 0.6) is 5.75 Å². The number of nitrogens with zero attached hydrogens (tertiary/aromatic N) is 1. The van der Waals surface area contributed by atoms with Gasteiger partial charge in [-0.3, -0.25) is 4.79 Å². The molecule has 0 radical (unpaired) electrons. The molecule has 1 amide bonds. The number of nitrogens with one attached hydrogen (secondary N) is 1. The molecule has 0 aliphatic carbocycles. The first-order chi connectivity index (χ1) is 9.54. The summed E-state index contributed by atoms with van der Waals surface area (Å²) in [5.41, 5.74) is 2.75. The fraction of sp³-hybridized carbons (Fsp3) is 0.200. The summed E-state index contributed by atoms with van der Waals surface area (Å²) >= 11 is 5.67. The van der Waals surface area contributed by atoms with Gasteiger partial charge in [-0.25, -0.2) is 4.98 Å². The van der Waals surface area contributed by atoms with Gasteiger partial charge >= 0.3 is 0 Å². The number of anilines is 1. The molecule has 1 aromatic carbocycles. The molecule has 0 atom stereocenters. The molecule has 0 saturated heterocycles. The second kappa shape index (κ2) is 6.39. The summed E-state index contributed by atoms with van der Waals surface area (Å²) in [5, 5.41) is 3.07. The highest BCUT2D eigenvalue weighted by atomic mass is 35.5. The maximum Gasteiger partial charge on any atom is 0.262 e. The Bertz CT molecular complexity index is 612. The van der Waals surface area contributed by atoms with Crippen LogP contribution in [0.2, 0.25) is 5.15 Å². The molecule has 20 heavy (non-hydrogen) atoms. The van der Waals surface area contributed by atoms with Crippen molar-refractivity contribution < 1.29 is 9.53 Å². The smallest absolute Gasteiger partial charge is 0.262 e. The number of hydrogen-bond donors (Lipinski definition) is 1. The molecule has 0 unspecified atom stereocenters. The lowest BCUT2D eigenvalue weighted by atomic mass is 10.1. The van der Waals surface area contributed by atoms with Crippen molar-refractivity contribution in [2.45, 2.75) is 13.8 Å². The van der Waals surface area contributed by atoms with Gasteiger partial charge in [0, 0.05) is 0 Å². The summed E-state index contributed by atoms with van der Waals surface area (Å²) in [6, 6.07) is 9.12. The number of aromatic nitrogens is 1. The van der Waals surface area contributed by atoms with Crippen LogP contribution in [-0.4, -0.2) is 17.5 Å². The van der Waals surface area contributed by atoms with E-state index in [2.05, 4.69) is 10.3 Å². The lowest BCUT2D eigenvalue weighted by Gasteiger charge is -2.10. The van der Waals surface area contributed by atoms with Crippen LogP contribution in [0.25, 0.3) is 0 Å². The van der Waals surface area contributed by atoms with E-state index in [0.29, 0.717) is 16.6 Å². The van der Waals surface area contributed by atoms with E-state index in [9.17, 15) is 4.79 Å². The quantitative estimate of drug-likeness (QED) is 0.878. The maximum atomic E-state index is 11.8. The molecule has 1 N–H and O–H groups in total. The first-order valence-corrected chi connectivity index (χ1v) is 6.54. The third-order valence-electron chi connectivity index (χ3n) is 2.70.